The fourth-order valence-corrected chi connectivity index (χ4v) is 2.24. The van der Waals surface area contributed by atoms with Crippen molar-refractivity contribution in [2.24, 2.45) is 0 Å². The Morgan fingerprint density at radius 3 is 2.68 bits per heavy atom. The molecular formula is C14H19N3O2. The fourth-order valence-electron chi connectivity index (χ4n) is 2.24. The Kier molecular flexibility index (Phi) is 4.16. The zero-order valence-corrected chi connectivity index (χ0v) is 11.2. The molecule has 5 nitrogen and oxygen atoms in total. The normalized spacial score (nSPS) is 19.2. The summed E-state index contributed by atoms with van der Waals surface area (Å²) in [5.41, 5.74) is 2.42. The highest BCUT2D eigenvalue weighted by molar-refractivity contribution is 5.89. The van der Waals surface area contributed by atoms with Crippen LogP contribution in [0.2, 0.25) is 0 Å². The molecule has 2 rings (SSSR count). The summed E-state index contributed by atoms with van der Waals surface area (Å²) in [5.74, 6) is -0.324. The first-order chi connectivity index (χ1) is 9.11. The van der Waals surface area contributed by atoms with Crippen LogP contribution in [-0.4, -0.2) is 30.9 Å². The lowest BCUT2D eigenvalue weighted by molar-refractivity contribution is -0.129. The van der Waals surface area contributed by atoms with E-state index in [4.69, 9.17) is 0 Å². The van der Waals surface area contributed by atoms with Crippen molar-refractivity contribution < 1.29 is 9.59 Å². The zero-order valence-electron chi connectivity index (χ0n) is 11.2. The fraction of sp³-hybridized carbons (Fsp3) is 0.429. The van der Waals surface area contributed by atoms with E-state index in [2.05, 4.69) is 22.0 Å². The van der Waals surface area contributed by atoms with Crippen LogP contribution in [0.3, 0.4) is 0 Å². The summed E-state index contributed by atoms with van der Waals surface area (Å²) < 4.78 is 0. The molecule has 0 aromatic heterocycles. The first kappa shape index (κ1) is 13.5. The van der Waals surface area contributed by atoms with Crippen molar-refractivity contribution in [2.75, 3.05) is 7.05 Å². The van der Waals surface area contributed by atoms with E-state index in [1.165, 1.54) is 11.1 Å². The Bertz CT molecular complexity index is 487. The lowest BCUT2D eigenvalue weighted by Gasteiger charge is -2.26. The molecule has 2 atom stereocenters. The number of fused-ring (bicyclic) bond motifs is 1. The van der Waals surface area contributed by atoms with E-state index < -0.39 is 6.04 Å². The Balaban J connectivity index is 1.97. The summed E-state index contributed by atoms with van der Waals surface area (Å²) in [7, 11) is 1.56. The van der Waals surface area contributed by atoms with Gasteiger partial charge in [0.1, 0.15) is 6.04 Å². The molecule has 0 saturated carbocycles. The topological polar surface area (TPSA) is 70.2 Å². The van der Waals surface area contributed by atoms with E-state index in [1.807, 2.05) is 18.2 Å². The molecule has 102 valence electrons. The number of benzene rings is 1. The predicted octanol–water partition coefficient (Wildman–Crippen LogP) is -0.0484. The maximum Gasteiger partial charge on any atom is 0.242 e. The van der Waals surface area contributed by atoms with Crippen molar-refractivity contribution in [3.05, 3.63) is 35.4 Å². The number of rotatable bonds is 3. The first-order valence-corrected chi connectivity index (χ1v) is 6.44. The Hall–Kier alpha value is -1.88. The van der Waals surface area contributed by atoms with E-state index in [1.54, 1.807) is 14.0 Å². The van der Waals surface area contributed by atoms with Gasteiger partial charge in [-0.3, -0.25) is 9.59 Å². The minimum absolute atomic E-state index is 0.134. The third-order valence-electron chi connectivity index (χ3n) is 3.40. The standard InChI is InChI=1S/C14H19N3O2/c1-9(13(18)15-2)17-14(19)12-7-10-5-3-4-6-11(10)8-16-12/h3-6,9,12,16H,7-8H2,1-2H3,(H,15,18)(H,17,19)/t9?,12-/m1/s1. The highest BCUT2D eigenvalue weighted by atomic mass is 16.2. The van der Waals surface area contributed by atoms with Crippen LogP contribution in [0.15, 0.2) is 24.3 Å². The third kappa shape index (κ3) is 3.12. The summed E-state index contributed by atoms with van der Waals surface area (Å²) in [6, 6.07) is 7.28. The molecule has 0 aliphatic carbocycles. The van der Waals surface area contributed by atoms with Crippen LogP contribution in [0.4, 0.5) is 0 Å². The third-order valence-corrected chi connectivity index (χ3v) is 3.40. The van der Waals surface area contributed by atoms with Crippen molar-refractivity contribution in [3.8, 4) is 0 Å². The number of nitrogens with one attached hydrogen (secondary N) is 3. The van der Waals surface area contributed by atoms with Gasteiger partial charge >= 0.3 is 0 Å². The van der Waals surface area contributed by atoms with E-state index in [-0.39, 0.29) is 17.9 Å². The van der Waals surface area contributed by atoms with E-state index in [0.29, 0.717) is 13.0 Å². The van der Waals surface area contributed by atoms with Gasteiger partial charge in [0.2, 0.25) is 11.8 Å². The van der Waals surface area contributed by atoms with E-state index in [0.717, 1.165) is 0 Å². The average Bonchev–Trinajstić information content (AvgIpc) is 2.45. The van der Waals surface area contributed by atoms with Crippen LogP contribution in [0.25, 0.3) is 0 Å². The van der Waals surface area contributed by atoms with Crippen LogP contribution >= 0.6 is 0 Å². The van der Waals surface area contributed by atoms with E-state index in [9.17, 15) is 9.59 Å². The van der Waals surface area contributed by atoms with Crippen molar-refractivity contribution >= 4 is 11.8 Å². The lowest BCUT2D eigenvalue weighted by Crippen LogP contribution is -2.52. The number of carbonyl (C=O) groups excluding carboxylic acids is 2. The maximum atomic E-state index is 12.1. The lowest BCUT2D eigenvalue weighted by atomic mass is 9.95. The smallest absolute Gasteiger partial charge is 0.242 e. The molecule has 19 heavy (non-hydrogen) atoms. The van der Waals surface area contributed by atoms with Crippen LogP contribution in [-0.2, 0) is 22.6 Å². The SMILES string of the molecule is CNC(=O)C(C)NC(=O)[C@H]1Cc2ccccc2CN1. The summed E-state index contributed by atoms with van der Waals surface area (Å²) in [5, 5.41) is 8.43. The van der Waals surface area contributed by atoms with Crippen molar-refractivity contribution in [1.82, 2.24) is 16.0 Å². The van der Waals surface area contributed by atoms with Gasteiger partial charge in [-0.2, -0.15) is 0 Å². The molecule has 3 N–H and O–H groups in total. The molecule has 1 aliphatic heterocycles. The highest BCUT2D eigenvalue weighted by Gasteiger charge is 2.25. The molecular weight excluding hydrogens is 242 g/mol. The summed E-state index contributed by atoms with van der Waals surface area (Å²) in [6.45, 7) is 2.36. The number of carbonyl (C=O) groups is 2. The summed E-state index contributed by atoms with van der Waals surface area (Å²) in [4.78, 5) is 23.5. The van der Waals surface area contributed by atoms with Gasteiger partial charge in [0.25, 0.3) is 0 Å². The monoisotopic (exact) mass is 261 g/mol. The molecule has 0 radical (unpaired) electrons. The molecule has 0 fully saturated rings. The number of hydrogen-bond acceptors (Lipinski definition) is 3. The Morgan fingerprint density at radius 2 is 2.00 bits per heavy atom. The minimum atomic E-state index is -0.517. The quantitative estimate of drug-likeness (QED) is 0.714. The summed E-state index contributed by atoms with van der Waals surface area (Å²) in [6.07, 6.45) is 0.655. The van der Waals surface area contributed by atoms with Gasteiger partial charge in [0.15, 0.2) is 0 Å². The van der Waals surface area contributed by atoms with Gasteiger partial charge in [-0.15, -0.1) is 0 Å². The van der Waals surface area contributed by atoms with Gasteiger partial charge < -0.3 is 16.0 Å². The molecule has 0 bridgehead atoms. The van der Waals surface area contributed by atoms with Gasteiger partial charge in [-0.05, 0) is 24.5 Å². The average molecular weight is 261 g/mol. The second-order valence-corrected chi connectivity index (χ2v) is 4.75. The second-order valence-electron chi connectivity index (χ2n) is 4.75. The molecule has 1 aromatic rings. The Morgan fingerprint density at radius 1 is 1.32 bits per heavy atom. The molecule has 1 aromatic carbocycles. The highest BCUT2D eigenvalue weighted by Crippen LogP contribution is 2.16. The second kappa shape index (κ2) is 5.84. The van der Waals surface area contributed by atoms with Crippen LogP contribution in [0, 0.1) is 0 Å². The van der Waals surface area contributed by atoms with Gasteiger partial charge in [-0.1, -0.05) is 24.3 Å². The Labute approximate surface area is 112 Å². The maximum absolute atomic E-state index is 12.1. The van der Waals surface area contributed by atoms with Crippen LogP contribution in [0.5, 0.6) is 0 Å². The molecule has 5 heteroatoms. The molecule has 0 saturated heterocycles. The molecule has 2 amide bonds. The number of amides is 2. The predicted molar refractivity (Wildman–Crippen MR) is 72.4 cm³/mol. The molecule has 1 heterocycles. The van der Waals surface area contributed by atoms with Crippen LogP contribution < -0.4 is 16.0 Å². The molecule has 1 unspecified atom stereocenters. The van der Waals surface area contributed by atoms with Crippen molar-refractivity contribution in [1.29, 1.82) is 0 Å². The van der Waals surface area contributed by atoms with E-state index >= 15 is 0 Å². The van der Waals surface area contributed by atoms with Crippen molar-refractivity contribution in [3.63, 3.8) is 0 Å². The number of likely N-dealkylation sites (N-methyl/N-ethyl adjacent to an activating group) is 1. The van der Waals surface area contributed by atoms with Crippen LogP contribution in [0.1, 0.15) is 18.1 Å². The number of hydrogen-bond donors (Lipinski definition) is 3. The van der Waals surface area contributed by atoms with Gasteiger partial charge in [-0.25, -0.2) is 0 Å². The largest absolute Gasteiger partial charge is 0.357 e. The molecule has 1 aliphatic rings. The van der Waals surface area contributed by atoms with Crippen molar-refractivity contribution in [2.45, 2.75) is 32.0 Å². The zero-order chi connectivity index (χ0) is 13.8. The van der Waals surface area contributed by atoms with Gasteiger partial charge in [0, 0.05) is 13.6 Å². The summed E-state index contributed by atoms with van der Waals surface area (Å²) >= 11 is 0. The first-order valence-electron chi connectivity index (χ1n) is 6.44. The van der Waals surface area contributed by atoms with Gasteiger partial charge in [0.05, 0.1) is 6.04 Å². The minimum Gasteiger partial charge on any atom is -0.357 e. The molecule has 0 spiro atoms.